The van der Waals surface area contributed by atoms with Crippen molar-refractivity contribution in [3.05, 3.63) is 28.2 Å². The fourth-order valence-electron chi connectivity index (χ4n) is 0.990. The van der Waals surface area contributed by atoms with E-state index in [0.29, 0.717) is 6.07 Å². The van der Waals surface area contributed by atoms with Gasteiger partial charge in [0.15, 0.2) is 0 Å². The lowest BCUT2D eigenvalue weighted by atomic mass is 10.2. The lowest BCUT2D eigenvalue weighted by Crippen LogP contribution is -2.35. The van der Waals surface area contributed by atoms with Gasteiger partial charge >= 0.3 is 0 Å². The van der Waals surface area contributed by atoms with Gasteiger partial charge in [-0.3, -0.25) is 4.79 Å². The summed E-state index contributed by atoms with van der Waals surface area (Å²) >= 11 is 2.92. The molecule has 0 radical (unpaired) electrons. The number of hydrogen-bond donors (Lipinski definition) is 2. The quantitative estimate of drug-likeness (QED) is 0.839. The molecule has 0 aliphatic rings. The molecule has 0 saturated heterocycles. The number of anilines is 1. The van der Waals surface area contributed by atoms with Gasteiger partial charge in [-0.2, -0.15) is 0 Å². The van der Waals surface area contributed by atoms with Crippen molar-refractivity contribution in [1.29, 1.82) is 0 Å². The fourth-order valence-corrected chi connectivity index (χ4v) is 1.33. The average Bonchev–Trinajstić information content (AvgIpc) is 2.24. The molecule has 0 aliphatic heterocycles. The monoisotopic (exact) mass is 292 g/mol. The first kappa shape index (κ1) is 13.1. The lowest BCUT2D eigenvalue weighted by molar-refractivity contribution is -0.117. The van der Waals surface area contributed by atoms with Crippen molar-refractivity contribution in [2.75, 3.05) is 12.4 Å². The Balaban J connectivity index is 2.90. The van der Waals surface area contributed by atoms with Crippen LogP contribution in [0.25, 0.3) is 0 Å². The highest BCUT2D eigenvalue weighted by Gasteiger charge is 2.14. The van der Waals surface area contributed by atoms with E-state index in [1.165, 1.54) is 6.07 Å². The molecule has 0 fully saturated rings. The van der Waals surface area contributed by atoms with Crippen LogP contribution in [0.15, 0.2) is 16.6 Å². The third kappa shape index (κ3) is 2.99. The smallest absolute Gasteiger partial charge is 0.241 e. The molecule has 0 spiro atoms. The van der Waals surface area contributed by atoms with E-state index in [-0.39, 0.29) is 16.1 Å². The molecule has 1 amide bonds. The van der Waals surface area contributed by atoms with E-state index in [1.807, 2.05) is 0 Å². The number of rotatable bonds is 3. The molecule has 0 aliphatic carbocycles. The first-order valence-corrected chi connectivity index (χ1v) is 5.37. The van der Waals surface area contributed by atoms with E-state index in [1.54, 1.807) is 14.0 Å². The van der Waals surface area contributed by atoms with Gasteiger partial charge in [-0.15, -0.1) is 0 Å². The predicted molar refractivity (Wildman–Crippen MR) is 61.2 cm³/mol. The number of amides is 1. The summed E-state index contributed by atoms with van der Waals surface area (Å²) in [5, 5.41) is 5.07. The van der Waals surface area contributed by atoms with Gasteiger partial charge in [-0.05, 0) is 36.0 Å². The topological polar surface area (TPSA) is 41.1 Å². The van der Waals surface area contributed by atoms with E-state index >= 15 is 0 Å². The Morgan fingerprint density at radius 3 is 2.56 bits per heavy atom. The van der Waals surface area contributed by atoms with Crippen molar-refractivity contribution in [2.24, 2.45) is 0 Å². The number of likely N-dealkylation sites (N-methyl/N-ethyl adjacent to an activating group) is 1. The van der Waals surface area contributed by atoms with Crippen molar-refractivity contribution in [1.82, 2.24) is 5.32 Å². The molecular formula is C10H11BrF2N2O. The minimum atomic E-state index is -0.808. The van der Waals surface area contributed by atoms with Crippen LogP contribution in [-0.4, -0.2) is 19.0 Å². The fraction of sp³-hybridized carbons (Fsp3) is 0.300. The van der Waals surface area contributed by atoms with E-state index in [2.05, 4.69) is 26.6 Å². The zero-order chi connectivity index (χ0) is 12.3. The SMILES string of the molecule is CNC(C)C(=O)Nc1cc(Br)c(F)cc1F. The normalized spacial score (nSPS) is 12.3. The van der Waals surface area contributed by atoms with Gasteiger partial charge < -0.3 is 10.6 Å². The van der Waals surface area contributed by atoms with E-state index in [4.69, 9.17) is 0 Å². The van der Waals surface area contributed by atoms with Crippen molar-refractivity contribution in [2.45, 2.75) is 13.0 Å². The summed E-state index contributed by atoms with van der Waals surface area (Å²) in [5.41, 5.74) is -0.0552. The lowest BCUT2D eigenvalue weighted by Gasteiger charge is -2.12. The van der Waals surface area contributed by atoms with Crippen LogP contribution in [0, 0.1) is 11.6 Å². The Labute approximate surface area is 100 Å². The van der Waals surface area contributed by atoms with Gasteiger partial charge in [-0.1, -0.05) is 0 Å². The van der Waals surface area contributed by atoms with Crippen LogP contribution in [0.3, 0.4) is 0 Å². The zero-order valence-corrected chi connectivity index (χ0v) is 10.4. The molecule has 1 rings (SSSR count). The summed E-state index contributed by atoms with van der Waals surface area (Å²) in [4.78, 5) is 11.4. The molecule has 0 heterocycles. The summed E-state index contributed by atoms with van der Waals surface area (Å²) in [6.45, 7) is 1.63. The second-order valence-corrected chi connectivity index (χ2v) is 4.10. The molecule has 1 unspecified atom stereocenters. The van der Waals surface area contributed by atoms with Gasteiger partial charge in [0.2, 0.25) is 5.91 Å². The third-order valence-corrected chi connectivity index (χ3v) is 2.70. The van der Waals surface area contributed by atoms with Crippen LogP contribution < -0.4 is 10.6 Å². The maximum absolute atomic E-state index is 13.3. The van der Waals surface area contributed by atoms with Crippen molar-refractivity contribution >= 4 is 27.5 Å². The maximum Gasteiger partial charge on any atom is 0.241 e. The molecule has 0 bridgehead atoms. The number of carbonyl (C=O) groups excluding carboxylic acids is 1. The largest absolute Gasteiger partial charge is 0.322 e. The Morgan fingerprint density at radius 2 is 2.00 bits per heavy atom. The number of hydrogen-bond acceptors (Lipinski definition) is 2. The highest BCUT2D eigenvalue weighted by Crippen LogP contribution is 2.23. The predicted octanol–water partition coefficient (Wildman–Crippen LogP) is 2.27. The average molecular weight is 293 g/mol. The number of halogens is 3. The van der Waals surface area contributed by atoms with E-state index < -0.39 is 17.7 Å². The molecular weight excluding hydrogens is 282 g/mol. The van der Waals surface area contributed by atoms with E-state index in [9.17, 15) is 13.6 Å². The molecule has 88 valence electrons. The standard InChI is InChI=1S/C10H11BrF2N2O/c1-5(14-2)10(16)15-9-3-6(11)7(12)4-8(9)13/h3-5,14H,1-2H3,(H,15,16). The Bertz CT molecular complexity index is 412. The van der Waals surface area contributed by atoms with Crippen LogP contribution in [0.1, 0.15) is 6.92 Å². The second-order valence-electron chi connectivity index (χ2n) is 3.25. The summed E-state index contributed by atoms with van der Waals surface area (Å²) in [6, 6.07) is 1.44. The highest BCUT2D eigenvalue weighted by molar-refractivity contribution is 9.10. The van der Waals surface area contributed by atoms with Gasteiger partial charge in [0, 0.05) is 6.07 Å². The maximum atomic E-state index is 13.3. The minimum absolute atomic E-state index is 0.0552. The summed E-state index contributed by atoms with van der Waals surface area (Å²) in [5.74, 6) is -1.91. The van der Waals surface area contributed by atoms with Crippen LogP contribution in [0.4, 0.5) is 14.5 Å². The van der Waals surface area contributed by atoms with Gasteiger partial charge in [0.25, 0.3) is 0 Å². The summed E-state index contributed by atoms with van der Waals surface area (Å²) in [7, 11) is 1.61. The highest BCUT2D eigenvalue weighted by atomic mass is 79.9. The Hall–Kier alpha value is -1.01. The van der Waals surface area contributed by atoms with Crippen molar-refractivity contribution in [3.8, 4) is 0 Å². The summed E-state index contributed by atoms with van der Waals surface area (Å²) < 4.78 is 26.3. The van der Waals surface area contributed by atoms with Crippen LogP contribution >= 0.6 is 15.9 Å². The van der Waals surface area contributed by atoms with Gasteiger partial charge in [-0.25, -0.2) is 8.78 Å². The second kappa shape index (κ2) is 5.36. The number of benzene rings is 1. The molecule has 1 aromatic carbocycles. The molecule has 0 saturated carbocycles. The Morgan fingerprint density at radius 1 is 1.38 bits per heavy atom. The van der Waals surface area contributed by atoms with Crippen LogP contribution in [0.2, 0.25) is 0 Å². The first-order chi connectivity index (χ1) is 7.45. The van der Waals surface area contributed by atoms with E-state index in [0.717, 1.165) is 0 Å². The number of carbonyl (C=O) groups is 1. The van der Waals surface area contributed by atoms with Gasteiger partial charge in [0.05, 0.1) is 16.2 Å². The molecule has 6 heteroatoms. The molecule has 1 atom stereocenters. The molecule has 16 heavy (non-hydrogen) atoms. The molecule has 2 N–H and O–H groups in total. The first-order valence-electron chi connectivity index (χ1n) is 4.58. The number of nitrogens with one attached hydrogen (secondary N) is 2. The van der Waals surface area contributed by atoms with Crippen molar-refractivity contribution in [3.63, 3.8) is 0 Å². The van der Waals surface area contributed by atoms with Gasteiger partial charge in [0.1, 0.15) is 11.6 Å². The molecule has 0 aromatic heterocycles. The molecule has 1 aromatic rings. The minimum Gasteiger partial charge on any atom is -0.322 e. The Kier molecular flexibility index (Phi) is 4.37. The van der Waals surface area contributed by atoms with Crippen LogP contribution in [-0.2, 0) is 4.79 Å². The van der Waals surface area contributed by atoms with Crippen molar-refractivity contribution < 1.29 is 13.6 Å². The zero-order valence-electron chi connectivity index (χ0n) is 8.77. The molecule has 3 nitrogen and oxygen atoms in total. The van der Waals surface area contributed by atoms with Crippen LogP contribution in [0.5, 0.6) is 0 Å². The summed E-state index contributed by atoms with van der Waals surface area (Å²) in [6.07, 6.45) is 0. The third-order valence-electron chi connectivity index (χ3n) is 2.09.